The quantitative estimate of drug-likeness (QED) is 0.815. The molecule has 5 nitrogen and oxygen atoms in total. The fourth-order valence-electron chi connectivity index (χ4n) is 2.53. The van der Waals surface area contributed by atoms with Crippen molar-refractivity contribution in [3.63, 3.8) is 0 Å². The molecule has 1 heterocycles. The maximum Gasteiger partial charge on any atom is 0.326 e. The van der Waals surface area contributed by atoms with Crippen LogP contribution in [-0.4, -0.2) is 27.6 Å². The summed E-state index contributed by atoms with van der Waals surface area (Å²) in [5.74, 6) is -1.37. The standard InChI is InChI=1S/C17H21ClN2O3/c1-3-11(2)16(17(22)23)19-15(21)8-10-20-9-7-12-13(18)5-4-6-14(12)20/h4-7,9,11,16H,3,8,10H2,1-2H3,(H,19,21)(H,22,23). The molecule has 2 unspecified atom stereocenters. The number of hydrogen-bond acceptors (Lipinski definition) is 2. The van der Waals surface area contributed by atoms with Gasteiger partial charge < -0.3 is 15.0 Å². The van der Waals surface area contributed by atoms with Crippen LogP contribution in [0.5, 0.6) is 0 Å². The third kappa shape index (κ3) is 4.05. The summed E-state index contributed by atoms with van der Waals surface area (Å²) >= 11 is 6.13. The van der Waals surface area contributed by atoms with Crippen molar-refractivity contribution in [2.75, 3.05) is 0 Å². The highest BCUT2D eigenvalue weighted by molar-refractivity contribution is 6.35. The van der Waals surface area contributed by atoms with Crippen LogP contribution in [-0.2, 0) is 16.1 Å². The zero-order valence-corrected chi connectivity index (χ0v) is 14.0. The maximum absolute atomic E-state index is 12.1. The van der Waals surface area contributed by atoms with Crippen molar-refractivity contribution in [1.82, 2.24) is 9.88 Å². The number of nitrogens with zero attached hydrogens (tertiary/aromatic N) is 1. The van der Waals surface area contributed by atoms with E-state index in [0.717, 1.165) is 10.9 Å². The Labute approximate surface area is 140 Å². The van der Waals surface area contributed by atoms with E-state index in [-0.39, 0.29) is 18.2 Å². The molecule has 23 heavy (non-hydrogen) atoms. The third-order valence-electron chi connectivity index (χ3n) is 4.14. The van der Waals surface area contributed by atoms with E-state index in [1.807, 2.05) is 48.9 Å². The summed E-state index contributed by atoms with van der Waals surface area (Å²) in [6.07, 6.45) is 2.79. The molecule has 6 heteroatoms. The monoisotopic (exact) mass is 336 g/mol. The van der Waals surface area contributed by atoms with E-state index in [1.165, 1.54) is 0 Å². The van der Waals surface area contributed by atoms with Crippen LogP contribution in [0.15, 0.2) is 30.5 Å². The lowest BCUT2D eigenvalue weighted by atomic mass is 9.99. The number of carboxylic acids is 1. The van der Waals surface area contributed by atoms with Crippen LogP contribution in [0.4, 0.5) is 0 Å². The summed E-state index contributed by atoms with van der Waals surface area (Å²) in [4.78, 5) is 23.3. The van der Waals surface area contributed by atoms with Crippen molar-refractivity contribution in [2.24, 2.45) is 5.92 Å². The minimum atomic E-state index is -0.995. The molecule has 0 aliphatic carbocycles. The lowest BCUT2D eigenvalue weighted by Gasteiger charge is -2.20. The van der Waals surface area contributed by atoms with Gasteiger partial charge in [-0.25, -0.2) is 4.79 Å². The largest absolute Gasteiger partial charge is 0.480 e. The highest BCUT2D eigenvalue weighted by Crippen LogP contribution is 2.24. The Morgan fingerprint density at radius 2 is 2.09 bits per heavy atom. The molecule has 2 rings (SSSR count). The second-order valence-corrected chi connectivity index (χ2v) is 6.11. The number of amides is 1. The van der Waals surface area contributed by atoms with Gasteiger partial charge in [0.2, 0.25) is 5.91 Å². The van der Waals surface area contributed by atoms with E-state index < -0.39 is 12.0 Å². The molecule has 0 spiro atoms. The molecule has 1 amide bonds. The highest BCUT2D eigenvalue weighted by atomic mass is 35.5. The summed E-state index contributed by atoms with van der Waals surface area (Å²) in [7, 11) is 0. The molecule has 0 aliphatic rings. The first kappa shape index (κ1) is 17.3. The van der Waals surface area contributed by atoms with Gasteiger partial charge in [0.05, 0.1) is 0 Å². The van der Waals surface area contributed by atoms with Crippen LogP contribution >= 0.6 is 11.6 Å². The van der Waals surface area contributed by atoms with Crippen LogP contribution in [0.3, 0.4) is 0 Å². The number of fused-ring (bicyclic) bond motifs is 1. The smallest absolute Gasteiger partial charge is 0.326 e. The van der Waals surface area contributed by atoms with E-state index in [4.69, 9.17) is 11.6 Å². The maximum atomic E-state index is 12.1. The fourth-order valence-corrected chi connectivity index (χ4v) is 2.76. The van der Waals surface area contributed by atoms with Gasteiger partial charge in [-0.3, -0.25) is 4.79 Å². The second kappa shape index (κ2) is 7.51. The molecule has 0 saturated carbocycles. The normalized spacial score (nSPS) is 13.7. The molecule has 0 fully saturated rings. The molecule has 2 aromatic rings. The Hall–Kier alpha value is -2.01. The fraction of sp³-hybridized carbons (Fsp3) is 0.412. The molecule has 1 aromatic heterocycles. The molecule has 124 valence electrons. The number of aromatic nitrogens is 1. The van der Waals surface area contributed by atoms with Crippen LogP contribution in [0.2, 0.25) is 5.02 Å². The molecule has 0 aliphatic heterocycles. The molecule has 2 N–H and O–H groups in total. The average molecular weight is 337 g/mol. The minimum absolute atomic E-state index is 0.109. The molecule has 0 radical (unpaired) electrons. The SMILES string of the molecule is CCC(C)C(NC(=O)CCn1ccc2c(Cl)cccc21)C(=O)O. The number of carboxylic acid groups (broad SMARTS) is 1. The predicted octanol–water partition coefficient (Wildman–Crippen LogP) is 3.30. The van der Waals surface area contributed by atoms with Crippen molar-refractivity contribution in [2.45, 2.75) is 39.3 Å². The van der Waals surface area contributed by atoms with E-state index >= 15 is 0 Å². The molecular formula is C17H21ClN2O3. The van der Waals surface area contributed by atoms with E-state index in [9.17, 15) is 14.7 Å². The van der Waals surface area contributed by atoms with Crippen molar-refractivity contribution >= 4 is 34.4 Å². The van der Waals surface area contributed by atoms with Crippen LogP contribution in [0, 0.1) is 5.92 Å². The predicted molar refractivity (Wildman–Crippen MR) is 90.6 cm³/mol. The van der Waals surface area contributed by atoms with Gasteiger partial charge in [-0.15, -0.1) is 0 Å². The van der Waals surface area contributed by atoms with Gasteiger partial charge in [0.15, 0.2) is 0 Å². The summed E-state index contributed by atoms with van der Waals surface area (Å²) in [5.41, 5.74) is 0.960. The van der Waals surface area contributed by atoms with Gasteiger partial charge >= 0.3 is 5.97 Å². The molecular weight excluding hydrogens is 316 g/mol. The summed E-state index contributed by atoms with van der Waals surface area (Å²) in [6, 6.07) is 6.70. The number of aryl methyl sites for hydroxylation is 1. The summed E-state index contributed by atoms with van der Waals surface area (Å²) < 4.78 is 1.94. The second-order valence-electron chi connectivity index (χ2n) is 5.70. The molecule has 2 atom stereocenters. The number of halogens is 1. The zero-order valence-electron chi connectivity index (χ0n) is 13.3. The number of benzene rings is 1. The molecule has 0 bridgehead atoms. The first-order valence-corrected chi connectivity index (χ1v) is 8.07. The van der Waals surface area contributed by atoms with Crippen LogP contribution in [0.25, 0.3) is 10.9 Å². The Morgan fingerprint density at radius 1 is 1.35 bits per heavy atom. The lowest BCUT2D eigenvalue weighted by Crippen LogP contribution is -2.45. The Balaban J connectivity index is 2.00. The van der Waals surface area contributed by atoms with Crippen molar-refractivity contribution in [3.8, 4) is 0 Å². The molecule has 0 saturated heterocycles. The third-order valence-corrected chi connectivity index (χ3v) is 4.47. The highest BCUT2D eigenvalue weighted by Gasteiger charge is 2.25. The number of nitrogens with one attached hydrogen (secondary N) is 1. The Kier molecular flexibility index (Phi) is 5.66. The summed E-state index contributed by atoms with van der Waals surface area (Å²) in [6.45, 7) is 4.20. The molecule has 1 aromatic carbocycles. The number of carbonyl (C=O) groups excluding carboxylic acids is 1. The number of aliphatic carboxylic acids is 1. The first-order valence-electron chi connectivity index (χ1n) is 7.69. The number of hydrogen-bond donors (Lipinski definition) is 2. The average Bonchev–Trinajstić information content (AvgIpc) is 2.94. The minimum Gasteiger partial charge on any atom is -0.480 e. The van der Waals surface area contributed by atoms with Gasteiger partial charge in [0, 0.05) is 35.1 Å². The zero-order chi connectivity index (χ0) is 17.0. The van der Waals surface area contributed by atoms with Gasteiger partial charge in [0.25, 0.3) is 0 Å². The summed E-state index contributed by atoms with van der Waals surface area (Å²) in [5, 5.41) is 13.4. The van der Waals surface area contributed by atoms with Crippen LogP contribution < -0.4 is 5.32 Å². The Bertz CT molecular complexity index is 711. The number of rotatable bonds is 7. The lowest BCUT2D eigenvalue weighted by molar-refractivity contribution is -0.143. The van der Waals surface area contributed by atoms with Gasteiger partial charge in [0.1, 0.15) is 6.04 Å². The van der Waals surface area contributed by atoms with Crippen LogP contribution in [0.1, 0.15) is 26.7 Å². The van der Waals surface area contributed by atoms with Crippen molar-refractivity contribution < 1.29 is 14.7 Å². The van der Waals surface area contributed by atoms with Crippen molar-refractivity contribution in [3.05, 3.63) is 35.5 Å². The first-order chi connectivity index (χ1) is 10.9. The van der Waals surface area contributed by atoms with E-state index in [2.05, 4.69) is 5.32 Å². The topological polar surface area (TPSA) is 71.3 Å². The van der Waals surface area contributed by atoms with E-state index in [1.54, 1.807) is 0 Å². The van der Waals surface area contributed by atoms with E-state index in [0.29, 0.717) is 18.0 Å². The van der Waals surface area contributed by atoms with Gasteiger partial charge in [-0.05, 0) is 24.1 Å². The van der Waals surface area contributed by atoms with Crippen molar-refractivity contribution in [1.29, 1.82) is 0 Å². The van der Waals surface area contributed by atoms with Gasteiger partial charge in [-0.1, -0.05) is 37.9 Å². The van der Waals surface area contributed by atoms with Gasteiger partial charge in [-0.2, -0.15) is 0 Å². The number of carbonyl (C=O) groups is 2. The Morgan fingerprint density at radius 3 is 2.74 bits per heavy atom.